The van der Waals surface area contributed by atoms with Crippen molar-refractivity contribution in [3.8, 4) is 11.1 Å². The van der Waals surface area contributed by atoms with Crippen LogP contribution in [0.1, 0.15) is 24.7 Å². The molecule has 0 aliphatic carbocycles. The van der Waals surface area contributed by atoms with Crippen LogP contribution in [-0.2, 0) is 0 Å². The molecule has 2 aromatic carbocycles. The van der Waals surface area contributed by atoms with Crippen LogP contribution in [0.4, 0.5) is 14.5 Å². The van der Waals surface area contributed by atoms with Crippen molar-refractivity contribution in [3.05, 3.63) is 65.9 Å². The number of nitrogens with one attached hydrogen (secondary N) is 1. The topological polar surface area (TPSA) is 51.0 Å². The first-order valence-corrected chi connectivity index (χ1v) is 7.15. The van der Waals surface area contributed by atoms with Crippen molar-refractivity contribution in [2.75, 3.05) is 5.32 Å². The van der Waals surface area contributed by atoms with Crippen LogP contribution in [0, 0.1) is 18.6 Å². The second-order valence-corrected chi connectivity index (χ2v) is 5.23. The predicted octanol–water partition coefficient (Wildman–Crippen LogP) is 4.50. The first-order valence-electron chi connectivity index (χ1n) is 7.15. The Balaban J connectivity index is 1.82. The van der Waals surface area contributed by atoms with Gasteiger partial charge in [0.15, 0.2) is 0 Å². The largest absolute Gasteiger partial charge is 0.423 e. The summed E-state index contributed by atoms with van der Waals surface area (Å²) < 4.78 is 32.9. The molecule has 1 atom stereocenters. The lowest BCUT2D eigenvalue weighted by Crippen LogP contribution is -2.07. The van der Waals surface area contributed by atoms with Crippen molar-refractivity contribution in [1.29, 1.82) is 0 Å². The van der Waals surface area contributed by atoms with E-state index >= 15 is 0 Å². The van der Waals surface area contributed by atoms with Gasteiger partial charge >= 0.3 is 0 Å². The third-order valence-electron chi connectivity index (χ3n) is 3.40. The maximum Gasteiger partial charge on any atom is 0.238 e. The zero-order valence-electron chi connectivity index (χ0n) is 12.7. The predicted molar refractivity (Wildman–Crippen MR) is 82.9 cm³/mol. The fraction of sp³-hybridized carbons (Fsp3) is 0.176. The number of aryl methyl sites for hydroxylation is 1. The van der Waals surface area contributed by atoms with Crippen LogP contribution in [0.5, 0.6) is 0 Å². The third kappa shape index (κ3) is 3.36. The minimum atomic E-state index is -0.436. The molecule has 0 bridgehead atoms. The number of rotatable bonds is 4. The lowest BCUT2D eigenvalue weighted by atomic mass is 10.0. The Hall–Kier alpha value is -2.76. The number of anilines is 1. The normalized spacial score (nSPS) is 12.2. The summed E-state index contributed by atoms with van der Waals surface area (Å²) in [5.74, 6) is 0.0670. The molecule has 0 aliphatic rings. The van der Waals surface area contributed by atoms with E-state index in [4.69, 9.17) is 4.42 Å². The van der Waals surface area contributed by atoms with Crippen LogP contribution >= 0.6 is 0 Å². The van der Waals surface area contributed by atoms with Gasteiger partial charge in [-0.25, -0.2) is 8.78 Å². The lowest BCUT2D eigenvalue weighted by molar-refractivity contribution is 0.451. The van der Waals surface area contributed by atoms with E-state index in [0.29, 0.717) is 28.6 Å². The molecular weight excluding hydrogens is 300 g/mol. The molecule has 1 aromatic heterocycles. The molecule has 6 heteroatoms. The number of aromatic nitrogens is 2. The molecule has 0 radical (unpaired) electrons. The Labute approximate surface area is 132 Å². The van der Waals surface area contributed by atoms with Crippen molar-refractivity contribution < 1.29 is 13.2 Å². The molecule has 1 N–H and O–H groups in total. The smallest absolute Gasteiger partial charge is 0.238 e. The summed E-state index contributed by atoms with van der Waals surface area (Å²) in [6, 6.07) is 10.3. The standard InChI is InChI=1S/C17H15F2N3O/c1-10(17-22-21-11(2)23-17)20-14-6-7-15(16(19)9-14)12-4-3-5-13(18)8-12/h3-10,20H,1-2H3. The van der Waals surface area contributed by atoms with Crippen molar-refractivity contribution in [2.24, 2.45) is 0 Å². The number of halogens is 2. The van der Waals surface area contributed by atoms with Gasteiger partial charge in [0, 0.05) is 18.2 Å². The minimum absolute atomic E-state index is 0.254. The molecule has 4 nitrogen and oxygen atoms in total. The van der Waals surface area contributed by atoms with Crippen LogP contribution in [-0.4, -0.2) is 10.2 Å². The van der Waals surface area contributed by atoms with Gasteiger partial charge in [0.25, 0.3) is 0 Å². The van der Waals surface area contributed by atoms with Gasteiger partial charge in [0.1, 0.15) is 17.7 Å². The molecule has 0 saturated carbocycles. The second-order valence-electron chi connectivity index (χ2n) is 5.23. The number of benzene rings is 2. The van der Waals surface area contributed by atoms with Crippen LogP contribution in [0.3, 0.4) is 0 Å². The molecule has 1 heterocycles. The van der Waals surface area contributed by atoms with Crippen LogP contribution in [0.15, 0.2) is 46.9 Å². The Kier molecular flexibility index (Phi) is 4.06. The summed E-state index contributed by atoms with van der Waals surface area (Å²) in [7, 11) is 0. The highest BCUT2D eigenvalue weighted by Crippen LogP contribution is 2.27. The fourth-order valence-electron chi connectivity index (χ4n) is 2.29. The van der Waals surface area contributed by atoms with E-state index in [0.717, 1.165) is 0 Å². The summed E-state index contributed by atoms with van der Waals surface area (Å²) in [5.41, 5.74) is 1.41. The molecule has 23 heavy (non-hydrogen) atoms. The minimum Gasteiger partial charge on any atom is -0.423 e. The molecule has 3 rings (SSSR count). The SMILES string of the molecule is Cc1nnc(C(C)Nc2ccc(-c3cccc(F)c3)c(F)c2)o1. The summed E-state index contributed by atoms with van der Waals surface area (Å²) >= 11 is 0. The van der Waals surface area contributed by atoms with Gasteiger partial charge in [-0.05, 0) is 42.8 Å². The van der Waals surface area contributed by atoms with Gasteiger partial charge < -0.3 is 9.73 Å². The Morgan fingerprint density at radius 3 is 2.57 bits per heavy atom. The van der Waals surface area contributed by atoms with Gasteiger partial charge in [-0.15, -0.1) is 10.2 Å². The molecule has 0 aliphatic heterocycles. The van der Waals surface area contributed by atoms with E-state index in [1.807, 2.05) is 6.92 Å². The van der Waals surface area contributed by atoms with E-state index in [-0.39, 0.29) is 6.04 Å². The Bertz CT molecular complexity index is 832. The first-order chi connectivity index (χ1) is 11.0. The van der Waals surface area contributed by atoms with Gasteiger partial charge in [0.2, 0.25) is 11.8 Å². The molecule has 0 spiro atoms. The van der Waals surface area contributed by atoms with Gasteiger partial charge in [-0.3, -0.25) is 0 Å². The Morgan fingerprint density at radius 2 is 1.91 bits per heavy atom. The average molecular weight is 315 g/mol. The summed E-state index contributed by atoms with van der Waals surface area (Å²) in [6.45, 7) is 3.54. The number of hydrogen-bond donors (Lipinski definition) is 1. The molecule has 118 valence electrons. The molecule has 3 aromatic rings. The zero-order valence-corrected chi connectivity index (χ0v) is 12.7. The Morgan fingerprint density at radius 1 is 1.09 bits per heavy atom. The van der Waals surface area contributed by atoms with Crippen LogP contribution in [0.25, 0.3) is 11.1 Å². The zero-order chi connectivity index (χ0) is 16.4. The summed E-state index contributed by atoms with van der Waals surface area (Å²) in [5, 5.41) is 10.8. The monoisotopic (exact) mass is 315 g/mol. The van der Waals surface area contributed by atoms with Crippen molar-refractivity contribution in [1.82, 2.24) is 10.2 Å². The first kappa shape index (κ1) is 15.1. The third-order valence-corrected chi connectivity index (χ3v) is 3.40. The van der Waals surface area contributed by atoms with Crippen LogP contribution in [0.2, 0.25) is 0 Å². The molecular formula is C17H15F2N3O. The summed E-state index contributed by atoms with van der Waals surface area (Å²) in [4.78, 5) is 0. The molecule has 0 amide bonds. The van der Waals surface area contributed by atoms with Gasteiger partial charge in [-0.1, -0.05) is 12.1 Å². The highest BCUT2D eigenvalue weighted by atomic mass is 19.1. The van der Waals surface area contributed by atoms with Crippen molar-refractivity contribution in [2.45, 2.75) is 19.9 Å². The number of hydrogen-bond acceptors (Lipinski definition) is 4. The van der Waals surface area contributed by atoms with Gasteiger partial charge in [-0.2, -0.15) is 0 Å². The molecule has 0 fully saturated rings. The van der Waals surface area contributed by atoms with Crippen molar-refractivity contribution in [3.63, 3.8) is 0 Å². The van der Waals surface area contributed by atoms with Crippen LogP contribution < -0.4 is 5.32 Å². The quantitative estimate of drug-likeness (QED) is 0.770. The maximum atomic E-state index is 14.3. The lowest BCUT2D eigenvalue weighted by Gasteiger charge is -2.13. The van der Waals surface area contributed by atoms with E-state index < -0.39 is 11.6 Å². The molecule has 1 unspecified atom stereocenters. The van der Waals surface area contributed by atoms with E-state index in [1.54, 1.807) is 31.2 Å². The summed E-state index contributed by atoms with van der Waals surface area (Å²) in [6.07, 6.45) is 0. The average Bonchev–Trinajstić information content (AvgIpc) is 2.94. The second kappa shape index (κ2) is 6.16. The maximum absolute atomic E-state index is 14.3. The molecule has 0 saturated heterocycles. The van der Waals surface area contributed by atoms with E-state index in [9.17, 15) is 8.78 Å². The van der Waals surface area contributed by atoms with Gasteiger partial charge in [0.05, 0.1) is 0 Å². The highest BCUT2D eigenvalue weighted by Gasteiger charge is 2.13. The van der Waals surface area contributed by atoms with Crippen molar-refractivity contribution >= 4 is 5.69 Å². The fourth-order valence-corrected chi connectivity index (χ4v) is 2.29. The highest BCUT2D eigenvalue weighted by molar-refractivity contribution is 5.67. The van der Waals surface area contributed by atoms with E-state index in [2.05, 4.69) is 15.5 Å². The number of nitrogens with zero attached hydrogens (tertiary/aromatic N) is 2. The van der Waals surface area contributed by atoms with E-state index in [1.165, 1.54) is 18.2 Å².